The van der Waals surface area contributed by atoms with Crippen molar-refractivity contribution in [3.63, 3.8) is 0 Å². The van der Waals surface area contributed by atoms with Crippen molar-refractivity contribution in [1.82, 2.24) is 20.1 Å². The highest BCUT2D eigenvalue weighted by Crippen LogP contribution is 2.28. The highest BCUT2D eigenvalue weighted by atomic mass is 35.5. The second kappa shape index (κ2) is 9.41. The lowest BCUT2D eigenvalue weighted by atomic mass is 10.2. The lowest BCUT2D eigenvalue weighted by Crippen LogP contribution is -2.24. The Bertz CT molecular complexity index is 1050. The van der Waals surface area contributed by atoms with Gasteiger partial charge in [-0.3, -0.25) is 4.79 Å². The van der Waals surface area contributed by atoms with Gasteiger partial charge in [-0.2, -0.15) is 5.26 Å². The van der Waals surface area contributed by atoms with Gasteiger partial charge in [0.2, 0.25) is 5.82 Å². The van der Waals surface area contributed by atoms with Crippen molar-refractivity contribution < 1.29 is 9.53 Å². The number of carbonyl (C=O) groups excluding carboxylic acids is 1. The second-order valence-electron chi connectivity index (χ2n) is 5.96. The SMILES string of the molecule is CCc1nc(C(=O)NCc2cccc(OCC#N)c2)nn1-c1c(Cl)cccc1Cl. The molecule has 0 saturated carbocycles. The molecule has 29 heavy (non-hydrogen) atoms. The first kappa shape index (κ1) is 20.6. The molecule has 0 aliphatic heterocycles. The lowest BCUT2D eigenvalue weighted by molar-refractivity contribution is 0.0940. The van der Waals surface area contributed by atoms with Gasteiger partial charge in [0, 0.05) is 13.0 Å². The fourth-order valence-corrected chi connectivity index (χ4v) is 3.22. The zero-order valence-corrected chi connectivity index (χ0v) is 17.0. The number of nitrogens with zero attached hydrogens (tertiary/aromatic N) is 4. The summed E-state index contributed by atoms with van der Waals surface area (Å²) in [6.07, 6.45) is 0.542. The monoisotopic (exact) mass is 429 g/mol. The molecule has 0 saturated heterocycles. The summed E-state index contributed by atoms with van der Waals surface area (Å²) in [7, 11) is 0. The Hall–Kier alpha value is -3.08. The summed E-state index contributed by atoms with van der Waals surface area (Å²) in [6, 6.07) is 14.2. The van der Waals surface area contributed by atoms with Gasteiger partial charge in [0.05, 0.1) is 10.0 Å². The molecule has 0 bridgehead atoms. The lowest BCUT2D eigenvalue weighted by Gasteiger charge is -2.08. The van der Waals surface area contributed by atoms with E-state index in [2.05, 4.69) is 15.4 Å². The van der Waals surface area contributed by atoms with Crippen LogP contribution in [0, 0.1) is 11.3 Å². The number of para-hydroxylation sites is 1. The van der Waals surface area contributed by atoms with E-state index in [0.717, 1.165) is 5.56 Å². The van der Waals surface area contributed by atoms with Crippen LogP contribution in [0.25, 0.3) is 5.69 Å². The molecule has 0 spiro atoms. The van der Waals surface area contributed by atoms with Crippen molar-refractivity contribution in [2.45, 2.75) is 19.9 Å². The third kappa shape index (κ3) is 4.86. The predicted octanol–water partition coefficient (Wildman–Crippen LogP) is 3.97. The van der Waals surface area contributed by atoms with E-state index in [1.165, 1.54) is 4.68 Å². The Kier molecular flexibility index (Phi) is 6.70. The van der Waals surface area contributed by atoms with Crippen LogP contribution in [-0.4, -0.2) is 27.3 Å². The van der Waals surface area contributed by atoms with Crippen molar-refractivity contribution in [2.75, 3.05) is 6.61 Å². The van der Waals surface area contributed by atoms with Gasteiger partial charge in [-0.15, -0.1) is 5.10 Å². The summed E-state index contributed by atoms with van der Waals surface area (Å²) in [5.74, 6) is 0.721. The standard InChI is InChI=1S/C20H17Cl2N5O2/c1-2-17-25-19(26-27(17)18-15(21)7-4-8-16(18)22)20(28)24-12-13-5-3-6-14(11-13)29-10-9-23/h3-8,11H,2,10,12H2,1H3,(H,24,28). The van der Waals surface area contributed by atoms with E-state index in [0.29, 0.717) is 33.7 Å². The Morgan fingerprint density at radius 2 is 1.97 bits per heavy atom. The number of ether oxygens (including phenoxy) is 1. The minimum atomic E-state index is -0.426. The van der Waals surface area contributed by atoms with Gasteiger partial charge in [-0.25, -0.2) is 9.67 Å². The third-order valence-corrected chi connectivity index (χ3v) is 4.61. The Balaban J connectivity index is 1.77. The Labute approximate surface area is 177 Å². The highest BCUT2D eigenvalue weighted by molar-refractivity contribution is 6.37. The van der Waals surface area contributed by atoms with Crippen LogP contribution >= 0.6 is 23.2 Å². The van der Waals surface area contributed by atoms with E-state index in [1.807, 2.05) is 19.1 Å². The molecule has 0 fully saturated rings. The summed E-state index contributed by atoms with van der Waals surface area (Å²) >= 11 is 12.5. The van der Waals surface area contributed by atoms with E-state index < -0.39 is 5.91 Å². The average molecular weight is 430 g/mol. The smallest absolute Gasteiger partial charge is 0.291 e. The average Bonchev–Trinajstić information content (AvgIpc) is 3.15. The molecule has 0 unspecified atom stereocenters. The molecular formula is C20H17Cl2N5O2. The maximum Gasteiger partial charge on any atom is 0.291 e. The van der Waals surface area contributed by atoms with E-state index in [9.17, 15) is 4.79 Å². The molecule has 3 aromatic rings. The van der Waals surface area contributed by atoms with Gasteiger partial charge >= 0.3 is 0 Å². The number of amides is 1. The van der Waals surface area contributed by atoms with Crippen LogP contribution in [0.1, 0.15) is 28.9 Å². The minimum Gasteiger partial charge on any atom is -0.479 e. The van der Waals surface area contributed by atoms with E-state index in [4.69, 9.17) is 33.2 Å². The molecule has 0 radical (unpaired) electrons. The predicted molar refractivity (Wildman–Crippen MR) is 109 cm³/mol. The molecule has 0 aliphatic rings. The van der Waals surface area contributed by atoms with Crippen molar-refractivity contribution >= 4 is 29.1 Å². The molecule has 7 nitrogen and oxygen atoms in total. The quantitative estimate of drug-likeness (QED) is 0.613. The minimum absolute atomic E-state index is 0.0229. The van der Waals surface area contributed by atoms with Crippen molar-refractivity contribution in [3.05, 3.63) is 69.7 Å². The molecule has 1 amide bonds. The van der Waals surface area contributed by atoms with E-state index in [1.54, 1.807) is 36.4 Å². The number of hydrogen-bond acceptors (Lipinski definition) is 5. The van der Waals surface area contributed by atoms with Crippen LogP contribution in [0.15, 0.2) is 42.5 Å². The molecule has 2 aromatic carbocycles. The molecule has 3 rings (SSSR count). The van der Waals surface area contributed by atoms with Crippen molar-refractivity contribution in [2.24, 2.45) is 0 Å². The number of carbonyl (C=O) groups is 1. The van der Waals surface area contributed by atoms with Crippen molar-refractivity contribution in [3.8, 4) is 17.5 Å². The van der Waals surface area contributed by atoms with Crippen LogP contribution in [-0.2, 0) is 13.0 Å². The number of aromatic nitrogens is 3. The molecule has 148 valence electrons. The number of rotatable bonds is 7. The molecule has 1 aromatic heterocycles. The molecule has 0 aliphatic carbocycles. The number of hydrogen-bond donors (Lipinski definition) is 1. The van der Waals surface area contributed by atoms with Gasteiger partial charge in [-0.05, 0) is 29.8 Å². The van der Waals surface area contributed by atoms with Crippen LogP contribution in [0.3, 0.4) is 0 Å². The zero-order valence-electron chi connectivity index (χ0n) is 15.5. The Morgan fingerprint density at radius 1 is 1.24 bits per heavy atom. The Morgan fingerprint density at radius 3 is 2.66 bits per heavy atom. The second-order valence-corrected chi connectivity index (χ2v) is 6.78. The maximum absolute atomic E-state index is 12.6. The summed E-state index contributed by atoms with van der Waals surface area (Å²) in [5, 5.41) is 16.5. The number of aryl methyl sites for hydroxylation is 1. The van der Waals surface area contributed by atoms with Crippen LogP contribution < -0.4 is 10.1 Å². The van der Waals surface area contributed by atoms with E-state index in [-0.39, 0.29) is 19.0 Å². The number of nitrogens with one attached hydrogen (secondary N) is 1. The van der Waals surface area contributed by atoms with Gasteiger partial charge < -0.3 is 10.1 Å². The van der Waals surface area contributed by atoms with Crippen LogP contribution in [0.2, 0.25) is 10.0 Å². The van der Waals surface area contributed by atoms with Crippen LogP contribution in [0.5, 0.6) is 5.75 Å². The van der Waals surface area contributed by atoms with Gasteiger partial charge in [0.15, 0.2) is 6.61 Å². The number of benzene rings is 2. The topological polar surface area (TPSA) is 92.8 Å². The van der Waals surface area contributed by atoms with Crippen molar-refractivity contribution in [1.29, 1.82) is 5.26 Å². The van der Waals surface area contributed by atoms with Gasteiger partial charge in [0.25, 0.3) is 5.91 Å². The van der Waals surface area contributed by atoms with Gasteiger partial charge in [0.1, 0.15) is 23.3 Å². The first-order valence-electron chi connectivity index (χ1n) is 8.80. The van der Waals surface area contributed by atoms with Gasteiger partial charge in [-0.1, -0.05) is 48.3 Å². The van der Waals surface area contributed by atoms with E-state index >= 15 is 0 Å². The summed E-state index contributed by atoms with van der Waals surface area (Å²) in [5.41, 5.74) is 1.31. The molecular weight excluding hydrogens is 413 g/mol. The number of nitriles is 1. The molecule has 1 heterocycles. The first-order chi connectivity index (χ1) is 14.0. The highest BCUT2D eigenvalue weighted by Gasteiger charge is 2.19. The molecule has 0 atom stereocenters. The summed E-state index contributed by atoms with van der Waals surface area (Å²) < 4.78 is 6.76. The molecule has 1 N–H and O–H groups in total. The number of halogens is 2. The third-order valence-electron chi connectivity index (χ3n) is 4.00. The normalized spacial score (nSPS) is 10.4. The van der Waals surface area contributed by atoms with Crippen LogP contribution in [0.4, 0.5) is 0 Å². The first-order valence-corrected chi connectivity index (χ1v) is 9.56. The largest absolute Gasteiger partial charge is 0.479 e. The summed E-state index contributed by atoms with van der Waals surface area (Å²) in [4.78, 5) is 16.9. The zero-order chi connectivity index (χ0) is 20.8. The molecule has 9 heteroatoms. The fourth-order valence-electron chi connectivity index (χ4n) is 2.66. The maximum atomic E-state index is 12.6. The fraction of sp³-hybridized carbons (Fsp3) is 0.200. The summed E-state index contributed by atoms with van der Waals surface area (Å²) in [6.45, 7) is 2.12.